The van der Waals surface area contributed by atoms with Gasteiger partial charge in [0.2, 0.25) is 0 Å². The average Bonchev–Trinajstić information content (AvgIpc) is 2.35. The standard InChI is InChI=1S/C16H18N2O4/c1-9-7-13(18-15(21)22-16(2,3)4)11-8-10(14(19)20)5-6-12(11)17-9/h5-8H,1-4H3,(H,19,20)(H,17,18,21). The van der Waals surface area contributed by atoms with Gasteiger partial charge in [-0.25, -0.2) is 9.59 Å². The molecule has 2 rings (SSSR count). The predicted octanol–water partition coefficient (Wildman–Crippen LogP) is 3.59. The topological polar surface area (TPSA) is 88.5 Å². The number of carbonyl (C=O) groups excluding carboxylic acids is 1. The van der Waals surface area contributed by atoms with Gasteiger partial charge in [-0.15, -0.1) is 0 Å². The minimum Gasteiger partial charge on any atom is -0.478 e. The van der Waals surface area contributed by atoms with Crippen LogP contribution in [0.1, 0.15) is 36.8 Å². The molecule has 0 saturated heterocycles. The highest BCUT2D eigenvalue weighted by Crippen LogP contribution is 2.25. The number of nitrogens with one attached hydrogen (secondary N) is 1. The van der Waals surface area contributed by atoms with Crippen LogP contribution < -0.4 is 5.32 Å². The summed E-state index contributed by atoms with van der Waals surface area (Å²) >= 11 is 0. The summed E-state index contributed by atoms with van der Waals surface area (Å²) in [7, 11) is 0. The first-order chi connectivity index (χ1) is 10.2. The van der Waals surface area contributed by atoms with E-state index >= 15 is 0 Å². The number of nitrogens with zero attached hydrogens (tertiary/aromatic N) is 1. The maximum atomic E-state index is 11.9. The number of aromatic nitrogens is 1. The second kappa shape index (κ2) is 5.63. The van der Waals surface area contributed by atoms with Crippen LogP contribution in [0.3, 0.4) is 0 Å². The summed E-state index contributed by atoms with van der Waals surface area (Å²) in [5, 5.41) is 12.3. The Hall–Kier alpha value is -2.63. The Morgan fingerprint density at radius 1 is 1.23 bits per heavy atom. The number of hydrogen-bond donors (Lipinski definition) is 2. The molecule has 2 N–H and O–H groups in total. The van der Waals surface area contributed by atoms with E-state index in [0.29, 0.717) is 22.3 Å². The van der Waals surface area contributed by atoms with E-state index < -0.39 is 17.7 Å². The van der Waals surface area contributed by atoms with E-state index in [1.165, 1.54) is 12.1 Å². The van der Waals surface area contributed by atoms with Gasteiger partial charge in [-0.2, -0.15) is 0 Å². The number of anilines is 1. The van der Waals surface area contributed by atoms with E-state index in [2.05, 4.69) is 10.3 Å². The molecule has 1 heterocycles. The summed E-state index contributed by atoms with van der Waals surface area (Å²) in [5.74, 6) is -1.04. The van der Waals surface area contributed by atoms with Crippen LogP contribution in [-0.2, 0) is 4.74 Å². The summed E-state index contributed by atoms with van der Waals surface area (Å²) in [5.41, 5.74) is 1.30. The summed E-state index contributed by atoms with van der Waals surface area (Å²) in [6.45, 7) is 7.10. The fraction of sp³-hybridized carbons (Fsp3) is 0.312. The minimum absolute atomic E-state index is 0.130. The summed E-state index contributed by atoms with van der Waals surface area (Å²) in [4.78, 5) is 27.4. The second-order valence-electron chi connectivity index (χ2n) is 5.98. The third kappa shape index (κ3) is 3.72. The molecular weight excluding hydrogens is 284 g/mol. The second-order valence-corrected chi connectivity index (χ2v) is 5.98. The van der Waals surface area contributed by atoms with E-state index in [1.54, 1.807) is 39.8 Å². The number of pyridine rings is 1. The van der Waals surface area contributed by atoms with E-state index in [0.717, 1.165) is 0 Å². The van der Waals surface area contributed by atoms with Crippen LogP contribution in [0, 0.1) is 6.92 Å². The number of hydrogen-bond acceptors (Lipinski definition) is 4. The Morgan fingerprint density at radius 2 is 1.91 bits per heavy atom. The highest BCUT2D eigenvalue weighted by Gasteiger charge is 2.17. The lowest BCUT2D eigenvalue weighted by Gasteiger charge is -2.20. The number of ether oxygens (including phenoxy) is 1. The first-order valence-corrected chi connectivity index (χ1v) is 6.80. The zero-order valence-electron chi connectivity index (χ0n) is 12.9. The Morgan fingerprint density at radius 3 is 2.50 bits per heavy atom. The predicted molar refractivity (Wildman–Crippen MR) is 83.3 cm³/mol. The summed E-state index contributed by atoms with van der Waals surface area (Å²) in [6.07, 6.45) is -0.597. The molecule has 6 heteroatoms. The highest BCUT2D eigenvalue weighted by molar-refractivity contribution is 6.02. The molecule has 0 bridgehead atoms. The lowest BCUT2D eigenvalue weighted by Crippen LogP contribution is -2.27. The van der Waals surface area contributed by atoms with Gasteiger partial charge in [0.1, 0.15) is 5.60 Å². The van der Waals surface area contributed by atoms with Crippen LogP contribution in [0.2, 0.25) is 0 Å². The molecular formula is C16H18N2O4. The smallest absolute Gasteiger partial charge is 0.412 e. The van der Waals surface area contributed by atoms with Gasteiger partial charge >= 0.3 is 12.1 Å². The van der Waals surface area contributed by atoms with Gasteiger partial charge in [0.15, 0.2) is 0 Å². The molecule has 0 aliphatic carbocycles. The lowest BCUT2D eigenvalue weighted by atomic mass is 10.1. The normalized spacial score (nSPS) is 11.3. The fourth-order valence-corrected chi connectivity index (χ4v) is 2.01. The van der Waals surface area contributed by atoms with Crippen molar-refractivity contribution in [3.05, 3.63) is 35.5 Å². The largest absolute Gasteiger partial charge is 0.478 e. The molecule has 0 unspecified atom stereocenters. The molecule has 22 heavy (non-hydrogen) atoms. The average molecular weight is 302 g/mol. The van der Waals surface area contributed by atoms with Crippen molar-refractivity contribution < 1.29 is 19.4 Å². The SMILES string of the molecule is Cc1cc(NC(=O)OC(C)(C)C)c2cc(C(=O)O)ccc2n1. The number of fused-ring (bicyclic) bond motifs is 1. The third-order valence-corrected chi connectivity index (χ3v) is 2.82. The molecule has 0 atom stereocenters. The summed E-state index contributed by atoms with van der Waals surface area (Å²) in [6, 6.07) is 6.26. The monoisotopic (exact) mass is 302 g/mol. The van der Waals surface area contributed by atoms with Crippen molar-refractivity contribution in [3.63, 3.8) is 0 Å². The van der Waals surface area contributed by atoms with Crippen LogP contribution in [-0.4, -0.2) is 27.8 Å². The number of carboxylic acids is 1. The van der Waals surface area contributed by atoms with Crippen molar-refractivity contribution >= 4 is 28.7 Å². The highest BCUT2D eigenvalue weighted by atomic mass is 16.6. The van der Waals surface area contributed by atoms with Crippen LogP contribution in [0.5, 0.6) is 0 Å². The molecule has 0 fully saturated rings. The Kier molecular flexibility index (Phi) is 4.03. The molecule has 2 aromatic rings. The maximum Gasteiger partial charge on any atom is 0.412 e. The van der Waals surface area contributed by atoms with E-state index in [4.69, 9.17) is 9.84 Å². The molecule has 116 valence electrons. The van der Waals surface area contributed by atoms with Crippen molar-refractivity contribution in [1.29, 1.82) is 0 Å². The number of amides is 1. The van der Waals surface area contributed by atoms with E-state index in [-0.39, 0.29) is 5.56 Å². The van der Waals surface area contributed by atoms with Crippen LogP contribution in [0.4, 0.5) is 10.5 Å². The number of aryl methyl sites for hydroxylation is 1. The molecule has 0 radical (unpaired) electrons. The van der Waals surface area contributed by atoms with Crippen LogP contribution in [0.15, 0.2) is 24.3 Å². The quantitative estimate of drug-likeness (QED) is 0.885. The van der Waals surface area contributed by atoms with Gasteiger partial charge in [-0.05, 0) is 52.0 Å². The van der Waals surface area contributed by atoms with Crippen molar-refractivity contribution in [2.45, 2.75) is 33.3 Å². The van der Waals surface area contributed by atoms with Gasteiger partial charge < -0.3 is 9.84 Å². The van der Waals surface area contributed by atoms with Gasteiger partial charge in [0.05, 0.1) is 16.8 Å². The molecule has 1 aromatic carbocycles. The Balaban J connectivity index is 2.45. The number of benzene rings is 1. The number of carboxylic acid groups (broad SMARTS) is 1. The van der Waals surface area contributed by atoms with Gasteiger partial charge in [0.25, 0.3) is 0 Å². The molecule has 0 spiro atoms. The first kappa shape index (κ1) is 15.8. The zero-order valence-corrected chi connectivity index (χ0v) is 12.9. The zero-order chi connectivity index (χ0) is 16.5. The number of carbonyl (C=O) groups is 2. The molecule has 1 amide bonds. The first-order valence-electron chi connectivity index (χ1n) is 6.80. The van der Waals surface area contributed by atoms with Crippen molar-refractivity contribution in [1.82, 2.24) is 4.98 Å². The molecule has 1 aromatic heterocycles. The van der Waals surface area contributed by atoms with Crippen LogP contribution in [0.25, 0.3) is 10.9 Å². The molecule has 0 aliphatic heterocycles. The van der Waals surface area contributed by atoms with Crippen molar-refractivity contribution in [2.75, 3.05) is 5.32 Å². The van der Waals surface area contributed by atoms with Gasteiger partial charge in [0, 0.05) is 11.1 Å². The summed E-state index contributed by atoms with van der Waals surface area (Å²) < 4.78 is 5.22. The third-order valence-electron chi connectivity index (χ3n) is 2.82. The number of rotatable bonds is 2. The van der Waals surface area contributed by atoms with Crippen molar-refractivity contribution in [3.8, 4) is 0 Å². The Bertz CT molecular complexity index is 748. The number of aromatic carboxylic acids is 1. The van der Waals surface area contributed by atoms with E-state index in [1.807, 2.05) is 0 Å². The Labute approximate surface area is 128 Å². The lowest BCUT2D eigenvalue weighted by molar-refractivity contribution is 0.0634. The maximum absolute atomic E-state index is 11.9. The molecule has 0 aliphatic rings. The molecule has 6 nitrogen and oxygen atoms in total. The van der Waals surface area contributed by atoms with Gasteiger partial charge in [-0.1, -0.05) is 0 Å². The van der Waals surface area contributed by atoms with E-state index in [9.17, 15) is 9.59 Å². The molecule has 0 saturated carbocycles. The fourth-order valence-electron chi connectivity index (χ4n) is 2.01. The van der Waals surface area contributed by atoms with Crippen molar-refractivity contribution in [2.24, 2.45) is 0 Å². The van der Waals surface area contributed by atoms with Crippen LogP contribution >= 0.6 is 0 Å². The minimum atomic E-state index is -1.04. The van der Waals surface area contributed by atoms with Gasteiger partial charge in [-0.3, -0.25) is 10.3 Å².